The summed E-state index contributed by atoms with van der Waals surface area (Å²) < 4.78 is 29.4. The van der Waals surface area contributed by atoms with Crippen LogP contribution in [0.15, 0.2) is 48.5 Å². The fraction of sp³-hybridized carbons (Fsp3) is 0.500. The lowest BCUT2D eigenvalue weighted by Gasteiger charge is -2.37. The summed E-state index contributed by atoms with van der Waals surface area (Å²) in [5, 5.41) is 3.23. The van der Waals surface area contributed by atoms with Crippen molar-refractivity contribution in [2.24, 2.45) is 5.92 Å². The van der Waals surface area contributed by atoms with E-state index < -0.39 is 12.2 Å². The van der Waals surface area contributed by atoms with Crippen LogP contribution in [0.4, 0.5) is 8.78 Å². The number of fused-ring (bicyclic) bond motifs is 1. The minimum Gasteiger partial charge on any atom is -0.435 e. The van der Waals surface area contributed by atoms with Gasteiger partial charge in [-0.1, -0.05) is 41.9 Å². The number of nitrogens with zero attached hydrogens (tertiary/aromatic N) is 2. The molecule has 0 radical (unpaired) electrons. The molecule has 0 aromatic heterocycles. The predicted octanol–water partition coefficient (Wildman–Crippen LogP) is 5.11. The zero-order chi connectivity index (χ0) is 26.0. The molecule has 37 heavy (non-hydrogen) atoms. The molecule has 2 aromatic carbocycles. The van der Waals surface area contributed by atoms with Crippen molar-refractivity contribution in [3.63, 3.8) is 0 Å². The van der Waals surface area contributed by atoms with Crippen molar-refractivity contribution in [3.8, 4) is 5.75 Å². The minimum atomic E-state index is -2.97. The van der Waals surface area contributed by atoms with Gasteiger partial charge in [0.2, 0.25) is 5.91 Å². The van der Waals surface area contributed by atoms with Gasteiger partial charge in [-0.2, -0.15) is 8.78 Å². The van der Waals surface area contributed by atoms with Gasteiger partial charge in [-0.05, 0) is 68.8 Å². The zero-order valence-electron chi connectivity index (χ0n) is 20.7. The summed E-state index contributed by atoms with van der Waals surface area (Å²) in [4.78, 5) is 31.3. The second-order valence-corrected chi connectivity index (χ2v) is 10.8. The molecule has 2 heterocycles. The van der Waals surface area contributed by atoms with Crippen LogP contribution in [0.5, 0.6) is 5.75 Å². The van der Waals surface area contributed by atoms with Gasteiger partial charge in [-0.15, -0.1) is 0 Å². The molecular weight excluding hydrogens is 500 g/mol. The van der Waals surface area contributed by atoms with Crippen molar-refractivity contribution >= 4 is 23.4 Å². The van der Waals surface area contributed by atoms with Crippen LogP contribution in [-0.4, -0.2) is 59.4 Å². The fourth-order valence-electron chi connectivity index (χ4n) is 6.37. The first kappa shape index (κ1) is 25.9. The molecule has 1 unspecified atom stereocenters. The van der Waals surface area contributed by atoms with Gasteiger partial charge in [-0.3, -0.25) is 14.5 Å². The van der Waals surface area contributed by atoms with Crippen LogP contribution >= 0.6 is 11.6 Å². The Balaban J connectivity index is 1.24. The van der Waals surface area contributed by atoms with E-state index >= 15 is 0 Å². The molecule has 2 aromatic rings. The van der Waals surface area contributed by atoms with E-state index in [0.29, 0.717) is 13.0 Å². The fourth-order valence-corrected chi connectivity index (χ4v) is 6.63. The van der Waals surface area contributed by atoms with E-state index in [2.05, 4.69) is 27.1 Å². The maximum Gasteiger partial charge on any atom is 0.387 e. The summed E-state index contributed by atoms with van der Waals surface area (Å²) in [5.41, 5.74) is 0.964. The van der Waals surface area contributed by atoms with E-state index in [9.17, 15) is 18.4 Å². The molecular formula is C28H32ClF2N3O3. The van der Waals surface area contributed by atoms with Crippen molar-refractivity contribution in [3.05, 3.63) is 64.7 Å². The topological polar surface area (TPSA) is 61.9 Å². The molecule has 0 bridgehead atoms. The third kappa shape index (κ3) is 5.60. The van der Waals surface area contributed by atoms with Gasteiger partial charge < -0.3 is 15.0 Å². The predicted molar refractivity (Wildman–Crippen MR) is 137 cm³/mol. The second kappa shape index (κ2) is 11.0. The quantitative estimate of drug-likeness (QED) is 0.539. The van der Waals surface area contributed by atoms with Gasteiger partial charge in [0.25, 0.3) is 5.91 Å². The van der Waals surface area contributed by atoms with Gasteiger partial charge in [-0.25, -0.2) is 0 Å². The van der Waals surface area contributed by atoms with Crippen molar-refractivity contribution in [2.45, 2.75) is 63.3 Å². The molecule has 2 amide bonds. The monoisotopic (exact) mass is 531 g/mol. The third-order valence-electron chi connectivity index (χ3n) is 8.07. The number of amides is 2. The molecule has 3 fully saturated rings. The average molecular weight is 532 g/mol. The third-order valence-corrected chi connectivity index (χ3v) is 8.39. The highest BCUT2D eigenvalue weighted by molar-refractivity contribution is 6.34. The van der Waals surface area contributed by atoms with E-state index in [4.69, 9.17) is 11.6 Å². The largest absolute Gasteiger partial charge is 0.435 e. The first-order valence-electron chi connectivity index (χ1n) is 13.0. The van der Waals surface area contributed by atoms with Gasteiger partial charge >= 0.3 is 6.61 Å². The number of alkyl halides is 2. The number of ether oxygens (including phenoxy) is 1. The molecule has 0 spiro atoms. The highest BCUT2D eigenvalue weighted by atomic mass is 35.5. The highest BCUT2D eigenvalue weighted by Crippen LogP contribution is 2.43. The number of carbonyl (C=O) groups excluding carboxylic acids is 2. The van der Waals surface area contributed by atoms with Crippen LogP contribution in [0, 0.1) is 5.92 Å². The zero-order valence-corrected chi connectivity index (χ0v) is 21.4. The molecule has 9 heteroatoms. The Kier molecular flexibility index (Phi) is 7.67. The lowest BCUT2D eigenvalue weighted by Crippen LogP contribution is -2.55. The lowest BCUT2D eigenvalue weighted by molar-refractivity contribution is -0.138. The number of rotatable bonds is 7. The molecule has 5 rings (SSSR count). The van der Waals surface area contributed by atoms with Crippen molar-refractivity contribution in [1.29, 1.82) is 0 Å². The number of hydrogen-bond donors (Lipinski definition) is 1. The molecule has 198 valence electrons. The molecule has 6 nitrogen and oxygen atoms in total. The van der Waals surface area contributed by atoms with Crippen LogP contribution in [-0.2, 0) is 11.3 Å². The number of carbonyl (C=O) groups is 2. The van der Waals surface area contributed by atoms with Crippen LogP contribution in [0.1, 0.15) is 54.4 Å². The first-order chi connectivity index (χ1) is 17.8. The number of piperidine rings is 1. The second-order valence-electron chi connectivity index (χ2n) is 10.4. The van der Waals surface area contributed by atoms with Crippen molar-refractivity contribution in [2.75, 3.05) is 19.6 Å². The standard InChI is InChI=1S/C28H32ClF2N3O3/c29-23-16-21(37-27(30)31)10-11-22(23)25(35)32-28-12-4-9-24(28)34(15-13-28)26(36)20-8-5-14-33(18-20)17-19-6-2-1-3-7-19/h1-3,6-7,10-11,16,20,24,27H,4-5,8-9,12-15,17-18H2,(H,32,35)/t20?,24-,28+/m0/s1. The molecule has 3 atom stereocenters. The van der Waals surface area contributed by atoms with Gasteiger partial charge in [0.05, 0.1) is 28.1 Å². The lowest BCUT2D eigenvalue weighted by atomic mass is 9.91. The van der Waals surface area contributed by atoms with Crippen LogP contribution in [0.2, 0.25) is 5.02 Å². The van der Waals surface area contributed by atoms with E-state index in [1.54, 1.807) is 0 Å². The summed E-state index contributed by atoms with van der Waals surface area (Å²) in [5.74, 6) is -0.310. The summed E-state index contributed by atoms with van der Waals surface area (Å²) in [6, 6.07) is 14.2. The molecule has 1 saturated carbocycles. The summed E-state index contributed by atoms with van der Waals surface area (Å²) in [6.45, 7) is 0.234. The maximum absolute atomic E-state index is 13.7. The van der Waals surface area contributed by atoms with E-state index in [1.165, 1.54) is 23.8 Å². The number of halogens is 3. The summed E-state index contributed by atoms with van der Waals surface area (Å²) >= 11 is 6.23. The van der Waals surface area contributed by atoms with E-state index in [-0.39, 0.29) is 40.1 Å². The average Bonchev–Trinajstić information content (AvgIpc) is 3.42. The van der Waals surface area contributed by atoms with E-state index in [0.717, 1.165) is 51.7 Å². The minimum absolute atomic E-state index is 0.0404. The van der Waals surface area contributed by atoms with Gasteiger partial charge in [0, 0.05) is 19.6 Å². The molecule has 2 aliphatic heterocycles. The molecule has 2 saturated heterocycles. The van der Waals surface area contributed by atoms with Crippen molar-refractivity contribution < 1.29 is 23.1 Å². The Morgan fingerprint density at radius 1 is 1.08 bits per heavy atom. The molecule has 1 aliphatic carbocycles. The SMILES string of the molecule is O=C(N[C@@]12CCC[C@@H]1N(C(=O)C1CCCN(Cc3ccccc3)C1)CC2)c1ccc(OC(F)F)cc1Cl. The smallest absolute Gasteiger partial charge is 0.387 e. The Morgan fingerprint density at radius 2 is 1.89 bits per heavy atom. The Bertz CT molecular complexity index is 1130. The maximum atomic E-state index is 13.7. The van der Waals surface area contributed by atoms with Crippen LogP contribution in [0.3, 0.4) is 0 Å². The Morgan fingerprint density at radius 3 is 2.65 bits per heavy atom. The van der Waals surface area contributed by atoms with Crippen LogP contribution in [0.25, 0.3) is 0 Å². The Labute approximate surface area is 220 Å². The molecule has 1 N–H and O–H groups in total. The van der Waals surface area contributed by atoms with Crippen molar-refractivity contribution in [1.82, 2.24) is 15.1 Å². The number of hydrogen-bond acceptors (Lipinski definition) is 4. The number of benzene rings is 2. The summed E-state index contributed by atoms with van der Waals surface area (Å²) in [7, 11) is 0. The number of likely N-dealkylation sites (tertiary alicyclic amines) is 2. The molecule has 3 aliphatic rings. The normalized spacial score (nSPS) is 25.8. The number of nitrogens with one attached hydrogen (secondary N) is 1. The van der Waals surface area contributed by atoms with Gasteiger partial charge in [0.1, 0.15) is 5.75 Å². The van der Waals surface area contributed by atoms with Gasteiger partial charge in [0.15, 0.2) is 0 Å². The van der Waals surface area contributed by atoms with E-state index in [1.807, 2.05) is 23.1 Å². The first-order valence-corrected chi connectivity index (χ1v) is 13.4. The summed E-state index contributed by atoms with van der Waals surface area (Å²) in [6.07, 6.45) is 5.14. The van der Waals surface area contributed by atoms with Crippen LogP contribution < -0.4 is 10.1 Å². The highest BCUT2D eigenvalue weighted by Gasteiger charge is 2.53. The Hall–Kier alpha value is -2.71.